The van der Waals surface area contributed by atoms with Crippen LogP contribution in [-0.2, 0) is 0 Å². The highest BCUT2D eigenvalue weighted by Crippen LogP contribution is 2.41. The average molecular weight is 295 g/mol. The SMILES string of the molecule is COc1cc(OC)c([C@@H](N)[C@@H](O)C(F)(F)F)c(OC)c1. The van der Waals surface area contributed by atoms with Crippen molar-refractivity contribution in [2.45, 2.75) is 18.3 Å². The number of aliphatic hydroxyl groups excluding tert-OH is 1. The Kier molecular flexibility index (Phi) is 5.07. The van der Waals surface area contributed by atoms with E-state index in [1.165, 1.54) is 33.5 Å². The van der Waals surface area contributed by atoms with E-state index < -0.39 is 18.3 Å². The number of methoxy groups -OCH3 is 3. The number of aliphatic hydroxyl groups is 1. The number of alkyl halides is 3. The summed E-state index contributed by atoms with van der Waals surface area (Å²) in [5.74, 6) is 0.408. The second-order valence-corrected chi connectivity index (χ2v) is 3.96. The number of benzene rings is 1. The summed E-state index contributed by atoms with van der Waals surface area (Å²) in [6, 6.07) is 0.979. The smallest absolute Gasteiger partial charge is 0.416 e. The molecule has 8 heteroatoms. The quantitative estimate of drug-likeness (QED) is 0.864. The van der Waals surface area contributed by atoms with Crippen molar-refractivity contribution >= 4 is 0 Å². The van der Waals surface area contributed by atoms with Crippen LogP contribution in [0, 0.1) is 0 Å². The molecular weight excluding hydrogens is 279 g/mol. The molecule has 0 unspecified atom stereocenters. The van der Waals surface area contributed by atoms with E-state index >= 15 is 0 Å². The molecule has 0 radical (unpaired) electrons. The lowest BCUT2D eigenvalue weighted by atomic mass is 9.99. The Morgan fingerprint density at radius 2 is 1.50 bits per heavy atom. The monoisotopic (exact) mass is 295 g/mol. The van der Waals surface area contributed by atoms with Gasteiger partial charge in [-0.05, 0) is 0 Å². The first-order chi connectivity index (χ1) is 9.26. The zero-order valence-electron chi connectivity index (χ0n) is 11.2. The van der Waals surface area contributed by atoms with Gasteiger partial charge in [0, 0.05) is 12.1 Å². The van der Waals surface area contributed by atoms with Gasteiger partial charge in [0.15, 0.2) is 6.10 Å². The van der Waals surface area contributed by atoms with Crippen LogP contribution in [0.25, 0.3) is 0 Å². The number of halogens is 3. The Labute approximate surface area is 114 Å². The Morgan fingerprint density at radius 3 is 1.80 bits per heavy atom. The first-order valence-electron chi connectivity index (χ1n) is 5.56. The highest BCUT2D eigenvalue weighted by molar-refractivity contribution is 5.52. The Balaban J connectivity index is 3.35. The molecule has 0 fully saturated rings. The summed E-state index contributed by atoms with van der Waals surface area (Å²) in [5.41, 5.74) is 5.42. The van der Waals surface area contributed by atoms with Gasteiger partial charge < -0.3 is 25.1 Å². The fraction of sp³-hybridized carbons (Fsp3) is 0.500. The predicted octanol–water partition coefficient (Wildman–Crippen LogP) is 1.64. The van der Waals surface area contributed by atoms with Crippen LogP contribution in [0.15, 0.2) is 12.1 Å². The molecule has 0 amide bonds. The normalized spacial score (nSPS) is 14.6. The molecule has 0 aliphatic carbocycles. The fourth-order valence-electron chi connectivity index (χ4n) is 1.72. The standard InChI is InChI=1S/C12H16F3NO4/c1-18-6-4-7(19-2)9(8(5-6)20-3)10(16)11(17)12(13,14)15/h4-5,10-11,17H,16H2,1-3H3/t10-,11-/m1/s1. The Bertz CT molecular complexity index is 440. The maximum Gasteiger partial charge on any atom is 0.416 e. The fourth-order valence-corrected chi connectivity index (χ4v) is 1.72. The van der Waals surface area contributed by atoms with Crippen LogP contribution in [0.3, 0.4) is 0 Å². The van der Waals surface area contributed by atoms with Crippen LogP contribution in [0.4, 0.5) is 13.2 Å². The predicted molar refractivity (Wildman–Crippen MR) is 65.1 cm³/mol. The zero-order valence-corrected chi connectivity index (χ0v) is 11.2. The van der Waals surface area contributed by atoms with Gasteiger partial charge in [-0.1, -0.05) is 0 Å². The van der Waals surface area contributed by atoms with Crippen LogP contribution >= 0.6 is 0 Å². The van der Waals surface area contributed by atoms with E-state index in [2.05, 4.69) is 0 Å². The molecule has 20 heavy (non-hydrogen) atoms. The molecule has 5 nitrogen and oxygen atoms in total. The zero-order chi connectivity index (χ0) is 15.5. The minimum absolute atomic E-state index is 0.0389. The first kappa shape index (κ1) is 16.4. The molecule has 0 aliphatic rings. The molecule has 0 spiro atoms. The van der Waals surface area contributed by atoms with Gasteiger partial charge >= 0.3 is 6.18 Å². The topological polar surface area (TPSA) is 73.9 Å². The molecule has 0 saturated heterocycles. The van der Waals surface area contributed by atoms with Crippen LogP contribution in [0.1, 0.15) is 11.6 Å². The van der Waals surface area contributed by atoms with Crippen molar-refractivity contribution in [1.29, 1.82) is 0 Å². The van der Waals surface area contributed by atoms with Crippen molar-refractivity contribution in [2.75, 3.05) is 21.3 Å². The van der Waals surface area contributed by atoms with Gasteiger partial charge in [0.25, 0.3) is 0 Å². The minimum Gasteiger partial charge on any atom is -0.496 e. The van der Waals surface area contributed by atoms with E-state index in [1.54, 1.807) is 0 Å². The Hall–Kier alpha value is -1.67. The van der Waals surface area contributed by atoms with Gasteiger partial charge in [-0.15, -0.1) is 0 Å². The number of hydrogen-bond donors (Lipinski definition) is 2. The van der Waals surface area contributed by atoms with Crippen molar-refractivity contribution in [3.8, 4) is 17.2 Å². The molecule has 0 saturated carbocycles. The van der Waals surface area contributed by atoms with Crippen molar-refractivity contribution in [2.24, 2.45) is 5.73 Å². The minimum atomic E-state index is -4.85. The largest absolute Gasteiger partial charge is 0.496 e. The second kappa shape index (κ2) is 6.19. The van der Waals surface area contributed by atoms with Gasteiger partial charge in [0.2, 0.25) is 0 Å². The summed E-state index contributed by atoms with van der Waals surface area (Å²) >= 11 is 0. The number of rotatable bonds is 5. The lowest BCUT2D eigenvalue weighted by Gasteiger charge is -2.25. The number of nitrogens with two attached hydrogens (primary N) is 1. The Morgan fingerprint density at radius 1 is 1.05 bits per heavy atom. The molecule has 1 rings (SSSR count). The molecule has 0 heterocycles. The third-order valence-corrected chi connectivity index (χ3v) is 2.76. The third kappa shape index (κ3) is 3.26. The van der Waals surface area contributed by atoms with Crippen LogP contribution in [0.5, 0.6) is 17.2 Å². The third-order valence-electron chi connectivity index (χ3n) is 2.76. The van der Waals surface area contributed by atoms with Gasteiger partial charge in [0.1, 0.15) is 17.2 Å². The summed E-state index contributed by atoms with van der Waals surface area (Å²) < 4.78 is 52.7. The maximum atomic E-state index is 12.6. The summed E-state index contributed by atoms with van der Waals surface area (Å²) in [6.07, 6.45) is -7.59. The average Bonchev–Trinajstić information content (AvgIpc) is 2.42. The van der Waals surface area contributed by atoms with Gasteiger partial charge in [-0.2, -0.15) is 13.2 Å². The molecule has 1 aromatic carbocycles. The molecular formula is C12H16F3NO4. The molecule has 1 aromatic rings. The maximum absolute atomic E-state index is 12.6. The van der Waals surface area contributed by atoms with Gasteiger partial charge in [-0.3, -0.25) is 0 Å². The lowest BCUT2D eigenvalue weighted by Crippen LogP contribution is -2.39. The molecule has 0 aliphatic heterocycles. The molecule has 3 N–H and O–H groups in total. The van der Waals surface area contributed by atoms with Gasteiger partial charge in [0.05, 0.1) is 32.9 Å². The van der Waals surface area contributed by atoms with Crippen LogP contribution < -0.4 is 19.9 Å². The summed E-state index contributed by atoms with van der Waals surface area (Å²) in [6.45, 7) is 0. The van der Waals surface area contributed by atoms with E-state index in [4.69, 9.17) is 19.9 Å². The van der Waals surface area contributed by atoms with Crippen LogP contribution in [0.2, 0.25) is 0 Å². The van der Waals surface area contributed by atoms with E-state index in [0.29, 0.717) is 5.75 Å². The van der Waals surface area contributed by atoms with Crippen LogP contribution in [-0.4, -0.2) is 38.7 Å². The van der Waals surface area contributed by atoms with Crippen molar-refractivity contribution in [3.05, 3.63) is 17.7 Å². The molecule has 114 valence electrons. The number of hydrogen-bond acceptors (Lipinski definition) is 5. The lowest BCUT2D eigenvalue weighted by molar-refractivity contribution is -0.210. The van der Waals surface area contributed by atoms with E-state index in [0.717, 1.165) is 0 Å². The molecule has 0 bridgehead atoms. The van der Waals surface area contributed by atoms with Gasteiger partial charge in [-0.25, -0.2) is 0 Å². The molecule has 2 atom stereocenters. The summed E-state index contributed by atoms with van der Waals surface area (Å²) in [7, 11) is 3.92. The molecule has 0 aromatic heterocycles. The van der Waals surface area contributed by atoms with Crippen molar-refractivity contribution < 1.29 is 32.5 Å². The summed E-state index contributed by atoms with van der Waals surface area (Å²) in [5, 5.41) is 9.28. The number of ether oxygens (including phenoxy) is 3. The first-order valence-corrected chi connectivity index (χ1v) is 5.56. The van der Waals surface area contributed by atoms with E-state index in [1.807, 2.05) is 0 Å². The summed E-state index contributed by atoms with van der Waals surface area (Å²) in [4.78, 5) is 0. The highest BCUT2D eigenvalue weighted by atomic mass is 19.4. The van der Waals surface area contributed by atoms with Crippen molar-refractivity contribution in [1.82, 2.24) is 0 Å². The van der Waals surface area contributed by atoms with E-state index in [9.17, 15) is 18.3 Å². The van der Waals surface area contributed by atoms with E-state index in [-0.39, 0.29) is 17.1 Å². The second-order valence-electron chi connectivity index (χ2n) is 3.96. The van der Waals surface area contributed by atoms with Crippen molar-refractivity contribution in [3.63, 3.8) is 0 Å². The highest BCUT2D eigenvalue weighted by Gasteiger charge is 2.44.